The predicted octanol–water partition coefficient (Wildman–Crippen LogP) is 25.5. The third kappa shape index (κ3) is 10.1. The maximum atomic E-state index is 5.50. The Labute approximate surface area is 645 Å². The van der Waals surface area contributed by atoms with Crippen LogP contribution in [-0.2, 0) is 10.8 Å². The van der Waals surface area contributed by atoms with E-state index in [1.54, 1.807) is 0 Å². The van der Waals surface area contributed by atoms with Crippen LogP contribution in [0.25, 0.3) is 146 Å². The van der Waals surface area contributed by atoms with Gasteiger partial charge >= 0.3 is 0 Å². The lowest BCUT2D eigenvalue weighted by atomic mass is 9.67. The summed E-state index contributed by atoms with van der Waals surface area (Å²) in [7, 11) is 0. The van der Waals surface area contributed by atoms with Crippen molar-refractivity contribution < 1.29 is 0 Å². The Hall–Kier alpha value is -13.5. The first-order valence-corrected chi connectivity index (χ1v) is 38.9. The van der Waals surface area contributed by atoms with E-state index in [0.717, 1.165) is 88.7 Å². The second kappa shape index (κ2) is 25.6. The summed E-state index contributed by atoms with van der Waals surface area (Å²) >= 11 is 3.71. The first kappa shape index (κ1) is 63.7. The Kier molecular flexibility index (Phi) is 14.8. The molecule has 0 saturated carbocycles. The summed E-state index contributed by atoms with van der Waals surface area (Å²) in [5, 5.41) is 2.29. The maximum absolute atomic E-state index is 5.50. The van der Waals surface area contributed by atoms with Crippen molar-refractivity contribution in [3.8, 4) is 135 Å². The lowest BCUT2D eigenvalue weighted by Crippen LogP contribution is -2.32. The molecule has 18 aromatic rings. The van der Waals surface area contributed by atoms with Crippen LogP contribution in [0.1, 0.15) is 44.5 Å². The van der Waals surface area contributed by atoms with E-state index < -0.39 is 10.8 Å². The lowest BCUT2D eigenvalue weighted by Gasteiger charge is -2.40. The minimum atomic E-state index is -0.601. The number of aromatic nitrogens is 6. The molecular formula is C102H62N6S2. The van der Waals surface area contributed by atoms with Crippen LogP contribution in [0.15, 0.2) is 396 Å². The van der Waals surface area contributed by atoms with Gasteiger partial charge in [-0.15, -0.1) is 0 Å². The van der Waals surface area contributed by atoms with Crippen LogP contribution >= 0.6 is 23.5 Å². The fourth-order valence-corrected chi connectivity index (χ4v) is 20.3. The van der Waals surface area contributed by atoms with Crippen molar-refractivity contribution in [3.05, 3.63) is 421 Å². The summed E-state index contributed by atoms with van der Waals surface area (Å²) in [6.45, 7) is 0. The first-order chi connectivity index (χ1) is 54.5. The van der Waals surface area contributed by atoms with Gasteiger partial charge in [0.2, 0.25) is 0 Å². The van der Waals surface area contributed by atoms with Crippen molar-refractivity contribution in [2.75, 3.05) is 0 Å². The Morgan fingerprint density at radius 3 is 0.900 bits per heavy atom. The fourth-order valence-electron chi connectivity index (χ4n) is 17.8. The summed E-state index contributed by atoms with van der Waals surface area (Å²) in [5.74, 6) is 3.63. The van der Waals surface area contributed by atoms with Gasteiger partial charge < -0.3 is 0 Å². The van der Waals surface area contributed by atoms with Gasteiger partial charge in [-0.3, -0.25) is 0 Å². The van der Waals surface area contributed by atoms with Gasteiger partial charge in [-0.2, -0.15) is 0 Å². The number of fused-ring (bicyclic) bond motifs is 19. The highest BCUT2D eigenvalue weighted by Crippen LogP contribution is 2.65. The molecule has 0 N–H and O–H groups in total. The normalized spacial score (nSPS) is 13.3. The molecule has 2 aliphatic carbocycles. The molecule has 512 valence electrons. The van der Waals surface area contributed by atoms with Gasteiger partial charge in [0.25, 0.3) is 0 Å². The highest BCUT2D eigenvalue weighted by molar-refractivity contribution is 7.99. The monoisotopic (exact) mass is 1430 g/mol. The highest BCUT2D eigenvalue weighted by Gasteiger charge is 2.52. The van der Waals surface area contributed by atoms with Crippen LogP contribution in [0.2, 0.25) is 0 Å². The van der Waals surface area contributed by atoms with Gasteiger partial charge in [0.1, 0.15) is 0 Å². The zero-order valence-electron chi connectivity index (χ0n) is 59.3. The zero-order chi connectivity index (χ0) is 72.4. The van der Waals surface area contributed by atoms with Gasteiger partial charge in [0, 0.05) is 53.0 Å². The molecule has 4 aliphatic rings. The van der Waals surface area contributed by atoms with Crippen molar-refractivity contribution >= 4 is 34.3 Å². The second-order valence-electron chi connectivity index (χ2n) is 28.7. The molecule has 2 aliphatic heterocycles. The summed E-state index contributed by atoms with van der Waals surface area (Å²) in [6, 6.07) is 137. The molecular weight excluding hydrogens is 1370 g/mol. The van der Waals surface area contributed by atoms with E-state index in [9.17, 15) is 0 Å². The molecule has 0 saturated heterocycles. The van der Waals surface area contributed by atoms with Gasteiger partial charge in [-0.05, 0) is 171 Å². The number of nitrogens with zero attached hydrogens (tertiary/aromatic N) is 6. The molecule has 6 nitrogen and oxygen atoms in total. The second-order valence-corrected chi connectivity index (χ2v) is 30.9. The van der Waals surface area contributed by atoms with Crippen molar-refractivity contribution in [1.82, 2.24) is 29.9 Å². The number of hydrogen-bond donors (Lipinski definition) is 0. The molecule has 2 aromatic heterocycles. The molecule has 0 unspecified atom stereocenters. The van der Waals surface area contributed by atoms with Crippen LogP contribution in [-0.4, -0.2) is 29.9 Å². The largest absolute Gasteiger partial charge is 0.208 e. The van der Waals surface area contributed by atoms with Crippen LogP contribution in [0.5, 0.6) is 0 Å². The van der Waals surface area contributed by atoms with Crippen molar-refractivity contribution in [3.63, 3.8) is 0 Å². The number of benzene rings is 16. The maximum Gasteiger partial charge on any atom is 0.164 e. The smallest absolute Gasteiger partial charge is 0.164 e. The highest BCUT2D eigenvalue weighted by atomic mass is 32.2. The molecule has 0 amide bonds. The Morgan fingerprint density at radius 1 is 0.155 bits per heavy atom. The quantitative estimate of drug-likeness (QED) is 0.134. The van der Waals surface area contributed by atoms with Gasteiger partial charge in [-0.1, -0.05) is 351 Å². The lowest BCUT2D eigenvalue weighted by molar-refractivity contribution is 0.722. The van der Waals surface area contributed by atoms with Crippen LogP contribution in [0.3, 0.4) is 0 Å². The minimum absolute atomic E-state index is 0.459. The molecule has 0 atom stereocenters. The molecule has 110 heavy (non-hydrogen) atoms. The summed E-state index contributed by atoms with van der Waals surface area (Å²) in [5.41, 5.74) is 28.5. The van der Waals surface area contributed by atoms with Gasteiger partial charge in [-0.25, -0.2) is 29.9 Å². The average molecular weight is 1440 g/mol. The third-order valence-corrected chi connectivity index (χ3v) is 25.0. The Morgan fingerprint density at radius 2 is 0.445 bits per heavy atom. The van der Waals surface area contributed by atoms with E-state index in [1.165, 1.54) is 86.3 Å². The van der Waals surface area contributed by atoms with Crippen molar-refractivity contribution in [2.45, 2.75) is 30.4 Å². The summed E-state index contributed by atoms with van der Waals surface area (Å²) in [4.78, 5) is 36.9. The van der Waals surface area contributed by atoms with Crippen molar-refractivity contribution in [2.24, 2.45) is 0 Å². The standard InChI is InChI=1S/C102H62N6S2/c1-3-25-64(26-4-1)77-36-9-10-41-82(77)100-107-97(74-34-22-31-68(58-74)70-50-53-88-92(60-70)109-91-47-20-19-46-87(91)101(88)83-42-15-11-37-78(83)79-38-12-16-43-84(79)101)106-98(108-100)75-35-23-32-69(59-75)72-52-55-90-94(62-72)110-93-61-71(51-54-89(93)102(90)85-44-17-13-39-80(85)81-40-14-18-45-86(81)102)67-30-21-33-73(57-67)96-103-95(65-27-5-2-6-28-65)104-99(105-96)76-49-48-63-24-7-8-29-66(63)56-76/h1-62H. The van der Waals surface area contributed by atoms with E-state index in [-0.39, 0.29) is 0 Å². The van der Waals surface area contributed by atoms with Crippen LogP contribution < -0.4 is 0 Å². The number of hydrogen-bond acceptors (Lipinski definition) is 8. The van der Waals surface area contributed by atoms with E-state index in [2.05, 4.69) is 358 Å². The average Bonchev–Trinajstić information content (AvgIpc) is 1.50. The van der Waals surface area contributed by atoms with E-state index >= 15 is 0 Å². The molecule has 4 heterocycles. The van der Waals surface area contributed by atoms with Gasteiger partial charge in [0.05, 0.1) is 10.8 Å². The molecule has 2 spiro atoms. The topological polar surface area (TPSA) is 77.3 Å². The molecule has 8 heteroatoms. The molecule has 0 radical (unpaired) electrons. The Bertz CT molecular complexity index is 6740. The van der Waals surface area contributed by atoms with Crippen LogP contribution in [0.4, 0.5) is 0 Å². The van der Waals surface area contributed by atoms with E-state index in [4.69, 9.17) is 29.9 Å². The Balaban J connectivity index is 0.651. The number of rotatable bonds is 10. The van der Waals surface area contributed by atoms with Crippen LogP contribution in [0, 0.1) is 0 Å². The summed E-state index contributed by atoms with van der Waals surface area (Å²) in [6.07, 6.45) is 0. The van der Waals surface area contributed by atoms with E-state index in [0.29, 0.717) is 34.9 Å². The predicted molar refractivity (Wildman–Crippen MR) is 448 cm³/mol. The third-order valence-electron chi connectivity index (χ3n) is 22.7. The van der Waals surface area contributed by atoms with Gasteiger partial charge in [0.15, 0.2) is 34.9 Å². The van der Waals surface area contributed by atoms with E-state index in [1.807, 2.05) is 41.7 Å². The molecule has 16 aromatic carbocycles. The summed E-state index contributed by atoms with van der Waals surface area (Å²) < 4.78 is 0. The zero-order valence-corrected chi connectivity index (χ0v) is 60.9. The first-order valence-electron chi connectivity index (χ1n) is 37.3. The van der Waals surface area contributed by atoms with Crippen molar-refractivity contribution in [1.29, 1.82) is 0 Å². The minimum Gasteiger partial charge on any atom is -0.208 e. The fraction of sp³-hybridized carbons (Fsp3) is 0.0196. The SMILES string of the molecule is c1ccc(-c2nc(-c3cccc(-c4ccc5c(c4)Sc4cc(-c6cccc(-c7nc(-c8cccc(-c9ccc%10c(c9)Sc9ccccc9C%109c%10ccccc%10-c%10ccccc%109)c8)nc(-c8ccccc8-c8ccccc8)n7)c6)ccc4C54c5ccccc5-c5ccccc54)c3)nc(-c3ccc4ccccc4c3)n2)cc1. The molecule has 0 fully saturated rings. The molecule has 22 rings (SSSR count). The molecule has 0 bridgehead atoms.